The number of pyridine rings is 2. The average Bonchev–Trinajstić information content (AvgIpc) is 3.63. The highest BCUT2D eigenvalue weighted by Crippen LogP contribution is 2.31. The third-order valence-corrected chi connectivity index (χ3v) is 8.75. The zero-order valence-corrected chi connectivity index (χ0v) is 26.4. The molecule has 3 aromatic heterocycles. The van der Waals surface area contributed by atoms with Gasteiger partial charge in [0.1, 0.15) is 18.0 Å². The smallest absolute Gasteiger partial charge is 0.416 e. The van der Waals surface area contributed by atoms with Crippen molar-refractivity contribution in [3.63, 3.8) is 0 Å². The number of rotatable bonds is 10. The van der Waals surface area contributed by atoms with Crippen molar-refractivity contribution in [1.29, 1.82) is 0 Å². The van der Waals surface area contributed by atoms with E-state index in [1.807, 2.05) is 42.5 Å². The van der Waals surface area contributed by atoms with Crippen LogP contribution in [0.4, 0.5) is 10.6 Å². The molecule has 14 nitrogen and oxygen atoms in total. The summed E-state index contributed by atoms with van der Waals surface area (Å²) in [5.74, 6) is -1.77. The fourth-order valence-corrected chi connectivity index (χ4v) is 6.21. The van der Waals surface area contributed by atoms with E-state index < -0.39 is 41.9 Å². The predicted octanol–water partition coefficient (Wildman–Crippen LogP) is 3.85. The summed E-state index contributed by atoms with van der Waals surface area (Å²) in [6, 6.07) is 18.2. The van der Waals surface area contributed by atoms with E-state index in [9.17, 15) is 34.2 Å². The monoisotopic (exact) mass is 674 g/mol. The Hall–Kier alpha value is -6.25. The fourth-order valence-electron chi connectivity index (χ4n) is 6.21. The number of nitrogens with one attached hydrogen (secondary N) is 2. The lowest BCUT2D eigenvalue weighted by molar-refractivity contribution is -0.136. The van der Waals surface area contributed by atoms with E-state index in [0.717, 1.165) is 27.0 Å². The number of piperidine rings is 1. The highest BCUT2D eigenvalue weighted by Gasteiger charge is 2.44. The number of ether oxygens (including phenoxy) is 1. The molecule has 0 radical (unpaired) electrons. The van der Waals surface area contributed by atoms with Crippen molar-refractivity contribution in [2.75, 3.05) is 25.1 Å². The van der Waals surface area contributed by atoms with E-state index in [0.29, 0.717) is 29.1 Å². The summed E-state index contributed by atoms with van der Waals surface area (Å²) in [6.07, 6.45) is 2.82. The summed E-state index contributed by atoms with van der Waals surface area (Å²) >= 11 is 0. The molecule has 2 atom stereocenters. The van der Waals surface area contributed by atoms with Crippen LogP contribution >= 0.6 is 0 Å². The van der Waals surface area contributed by atoms with Crippen LogP contribution in [-0.2, 0) is 14.3 Å². The maximum absolute atomic E-state index is 13.1. The van der Waals surface area contributed by atoms with Crippen molar-refractivity contribution in [1.82, 2.24) is 24.8 Å². The minimum Gasteiger partial charge on any atom is -0.464 e. The van der Waals surface area contributed by atoms with Crippen molar-refractivity contribution in [3.05, 3.63) is 102 Å². The molecule has 4 N–H and O–H groups in total. The summed E-state index contributed by atoms with van der Waals surface area (Å²) < 4.78 is 6.86. The molecule has 4 amide bonds. The third-order valence-electron chi connectivity index (χ3n) is 8.75. The quantitative estimate of drug-likeness (QED) is 0.124. The first kappa shape index (κ1) is 32.3. The number of fused-ring (bicyclic) bond motifs is 2. The number of aliphatic hydroxyl groups excluding tert-OH is 1. The maximum atomic E-state index is 13.1. The van der Waals surface area contributed by atoms with Gasteiger partial charge in [0.05, 0.1) is 41.7 Å². The Kier molecular flexibility index (Phi) is 8.62. The van der Waals surface area contributed by atoms with Gasteiger partial charge in [-0.25, -0.2) is 14.3 Å². The van der Waals surface area contributed by atoms with Crippen molar-refractivity contribution in [2.45, 2.75) is 25.0 Å². The van der Waals surface area contributed by atoms with Crippen LogP contribution in [0.3, 0.4) is 0 Å². The lowest BCUT2D eigenvalue weighted by Gasteiger charge is -2.27. The highest BCUT2D eigenvalue weighted by molar-refractivity contribution is 6.23. The number of carbonyl (C=O) groups is 5. The van der Waals surface area contributed by atoms with Crippen LogP contribution < -0.4 is 10.6 Å². The zero-order chi connectivity index (χ0) is 34.9. The maximum Gasteiger partial charge on any atom is 0.416 e. The molecule has 0 spiro atoms. The van der Waals surface area contributed by atoms with E-state index >= 15 is 0 Å². The van der Waals surface area contributed by atoms with Gasteiger partial charge in [-0.3, -0.25) is 34.4 Å². The summed E-state index contributed by atoms with van der Waals surface area (Å²) in [5.41, 5.74) is 4.21. The van der Waals surface area contributed by atoms with Gasteiger partial charge in [0, 0.05) is 36.3 Å². The molecule has 5 heterocycles. The van der Waals surface area contributed by atoms with Gasteiger partial charge in [0.25, 0.3) is 11.8 Å². The van der Waals surface area contributed by atoms with E-state index in [1.165, 1.54) is 29.0 Å². The Morgan fingerprint density at radius 2 is 1.70 bits per heavy atom. The summed E-state index contributed by atoms with van der Waals surface area (Å²) in [5, 5.41) is 26.6. The van der Waals surface area contributed by atoms with Crippen LogP contribution in [-0.4, -0.2) is 85.2 Å². The number of imide groups is 2. The number of carboxylic acid groups (broad SMARTS) is 1. The molecular formula is C36H30N6O8. The molecule has 0 bridgehead atoms. The van der Waals surface area contributed by atoms with E-state index in [-0.39, 0.29) is 37.2 Å². The van der Waals surface area contributed by atoms with Gasteiger partial charge < -0.3 is 20.3 Å². The first-order chi connectivity index (χ1) is 24.2. The number of nitrogens with zero attached hydrogens (tertiary/aromatic N) is 4. The summed E-state index contributed by atoms with van der Waals surface area (Å²) in [4.78, 5) is 71.1. The predicted molar refractivity (Wildman–Crippen MR) is 179 cm³/mol. The van der Waals surface area contributed by atoms with Crippen LogP contribution in [0.15, 0.2) is 85.3 Å². The molecule has 2 unspecified atom stereocenters. The van der Waals surface area contributed by atoms with E-state index in [4.69, 9.17) is 4.74 Å². The molecule has 5 aromatic rings. The highest BCUT2D eigenvalue weighted by atomic mass is 16.5. The van der Waals surface area contributed by atoms with Crippen LogP contribution in [0.2, 0.25) is 0 Å². The van der Waals surface area contributed by atoms with Crippen LogP contribution in [0, 0.1) is 0 Å². The molecule has 1 saturated heterocycles. The average molecular weight is 675 g/mol. The summed E-state index contributed by atoms with van der Waals surface area (Å²) in [6.45, 7) is 0.585. The topological polar surface area (TPSA) is 193 Å². The molecule has 0 saturated carbocycles. The molecule has 1 fully saturated rings. The number of amides is 4. The van der Waals surface area contributed by atoms with Crippen LogP contribution in [0.1, 0.15) is 45.2 Å². The SMILES string of the molecule is O=C1CCC(N2C(=O)c3ccc(C(O)COCCNc4ccc(-c5ccc(-c6cc7ccncc7n6C(=O)O)cc5)cn4)cc3C2=O)C(=O)N1. The number of hydrogen-bond acceptors (Lipinski definition) is 10. The second kappa shape index (κ2) is 13.3. The molecule has 2 aliphatic heterocycles. The minimum absolute atomic E-state index is 0.0294. The number of hydrogen-bond donors (Lipinski definition) is 4. The molecule has 50 heavy (non-hydrogen) atoms. The van der Waals surface area contributed by atoms with Gasteiger partial charge in [-0.2, -0.15) is 0 Å². The number of aliphatic hydroxyl groups is 1. The van der Waals surface area contributed by atoms with Crippen molar-refractivity contribution < 1.29 is 38.9 Å². The Bertz CT molecular complexity index is 2160. The molecule has 2 aromatic carbocycles. The molecule has 14 heteroatoms. The number of benzene rings is 2. The molecule has 7 rings (SSSR count). The second-order valence-corrected chi connectivity index (χ2v) is 11.9. The first-order valence-corrected chi connectivity index (χ1v) is 15.8. The van der Waals surface area contributed by atoms with Gasteiger partial charge >= 0.3 is 6.09 Å². The molecule has 0 aliphatic carbocycles. The Labute approximate surface area is 284 Å². The minimum atomic E-state index is -1.09. The Balaban J connectivity index is 0.903. The zero-order valence-electron chi connectivity index (χ0n) is 26.4. The van der Waals surface area contributed by atoms with Gasteiger partial charge in [-0.05, 0) is 59.5 Å². The second-order valence-electron chi connectivity index (χ2n) is 11.9. The lowest BCUT2D eigenvalue weighted by atomic mass is 10.0. The Morgan fingerprint density at radius 1 is 0.940 bits per heavy atom. The lowest BCUT2D eigenvalue weighted by Crippen LogP contribution is -2.54. The first-order valence-electron chi connectivity index (χ1n) is 15.8. The van der Waals surface area contributed by atoms with E-state index in [2.05, 4.69) is 20.6 Å². The van der Waals surface area contributed by atoms with Crippen LogP contribution in [0.5, 0.6) is 0 Å². The van der Waals surface area contributed by atoms with Crippen molar-refractivity contribution >= 4 is 46.4 Å². The van der Waals surface area contributed by atoms with E-state index in [1.54, 1.807) is 18.5 Å². The van der Waals surface area contributed by atoms with Crippen LogP contribution in [0.25, 0.3) is 33.3 Å². The van der Waals surface area contributed by atoms with Crippen molar-refractivity contribution in [3.8, 4) is 22.4 Å². The molecule has 252 valence electrons. The number of anilines is 1. The number of carbonyl (C=O) groups excluding carboxylic acids is 4. The van der Waals surface area contributed by atoms with Gasteiger partial charge in [-0.15, -0.1) is 0 Å². The largest absolute Gasteiger partial charge is 0.464 e. The Morgan fingerprint density at radius 3 is 2.44 bits per heavy atom. The van der Waals surface area contributed by atoms with Gasteiger partial charge in [0.15, 0.2) is 0 Å². The van der Waals surface area contributed by atoms with Gasteiger partial charge in [0.2, 0.25) is 11.8 Å². The van der Waals surface area contributed by atoms with Gasteiger partial charge in [-0.1, -0.05) is 30.3 Å². The third kappa shape index (κ3) is 6.08. The molecular weight excluding hydrogens is 644 g/mol. The molecule has 2 aliphatic rings. The number of aromatic nitrogens is 3. The normalized spacial score (nSPS) is 16.4. The fraction of sp³-hybridized carbons (Fsp3) is 0.194. The summed E-state index contributed by atoms with van der Waals surface area (Å²) in [7, 11) is 0. The van der Waals surface area contributed by atoms with Crippen molar-refractivity contribution in [2.24, 2.45) is 0 Å². The standard InChI is InChI=1S/C36H30N6O8/c43-30(23-5-7-25-26(15-23)35(47)42(34(25)46)27-8-10-32(44)40-33(27)45)19-50-14-13-38-31-9-6-24(17-39-31)20-1-3-21(4-2-20)28-16-22-11-12-37-18-29(22)41(28)36(48)49/h1-7,9,11-12,15-18,27,30,43H,8,10,13-14,19H2,(H,38,39)(H,48,49)(H,40,44,45).